The third-order valence-corrected chi connectivity index (χ3v) is 2.93. The first-order valence-corrected chi connectivity index (χ1v) is 6.85. The summed E-state index contributed by atoms with van der Waals surface area (Å²) < 4.78 is 11.2. The Bertz CT molecular complexity index is 858. The minimum absolute atomic E-state index is 0.259. The largest absolute Gasteiger partial charge is 0.452 e. The van der Waals surface area contributed by atoms with E-state index in [1.807, 2.05) is 0 Å². The number of hydrogen-bond donors (Lipinski definition) is 1. The molecule has 3 aromatic rings. The fourth-order valence-corrected chi connectivity index (χ4v) is 1.87. The Labute approximate surface area is 135 Å². The molecule has 2 aromatic heterocycles. The summed E-state index contributed by atoms with van der Waals surface area (Å²) >= 11 is 0. The molecule has 10 nitrogen and oxygen atoms in total. The summed E-state index contributed by atoms with van der Waals surface area (Å²) in [6, 6.07) is 8.06. The third kappa shape index (κ3) is 3.61. The van der Waals surface area contributed by atoms with Gasteiger partial charge in [-0.2, -0.15) is 0 Å². The first-order valence-electron chi connectivity index (χ1n) is 6.85. The van der Waals surface area contributed by atoms with Gasteiger partial charge in [0.25, 0.3) is 5.91 Å². The highest BCUT2D eigenvalue weighted by atomic mass is 16.5. The van der Waals surface area contributed by atoms with Crippen LogP contribution in [-0.4, -0.2) is 43.8 Å². The second-order valence-corrected chi connectivity index (χ2v) is 4.75. The maximum atomic E-state index is 12.0. The van der Waals surface area contributed by atoms with Crippen molar-refractivity contribution in [1.82, 2.24) is 25.4 Å². The fraction of sp³-hybridized carbons (Fsp3) is 0.143. The van der Waals surface area contributed by atoms with Crippen LogP contribution in [0.4, 0.5) is 5.82 Å². The van der Waals surface area contributed by atoms with E-state index in [4.69, 9.17) is 9.26 Å². The summed E-state index contributed by atoms with van der Waals surface area (Å²) in [5.41, 5.74) is 0.866. The number of anilines is 1. The van der Waals surface area contributed by atoms with Crippen molar-refractivity contribution < 1.29 is 18.8 Å². The highest BCUT2D eigenvalue weighted by Crippen LogP contribution is 2.10. The lowest BCUT2D eigenvalue weighted by Gasteiger charge is -2.06. The Morgan fingerprint density at radius 2 is 2.21 bits per heavy atom. The number of carbonyl (C=O) groups is 2. The van der Waals surface area contributed by atoms with Crippen LogP contribution in [0.3, 0.4) is 0 Å². The molecule has 0 fully saturated rings. The van der Waals surface area contributed by atoms with Crippen molar-refractivity contribution in [3.8, 4) is 5.69 Å². The number of tetrazole rings is 1. The highest BCUT2D eigenvalue weighted by Gasteiger charge is 2.12. The van der Waals surface area contributed by atoms with Crippen molar-refractivity contribution in [1.29, 1.82) is 0 Å². The molecule has 122 valence electrons. The predicted molar refractivity (Wildman–Crippen MR) is 79.3 cm³/mol. The number of aromatic nitrogens is 5. The molecule has 0 saturated heterocycles. The number of benzene rings is 1. The second kappa shape index (κ2) is 6.69. The smallest absolute Gasteiger partial charge is 0.338 e. The van der Waals surface area contributed by atoms with Crippen molar-refractivity contribution in [2.45, 2.75) is 6.92 Å². The average molecular weight is 328 g/mol. The van der Waals surface area contributed by atoms with Gasteiger partial charge in [-0.15, -0.1) is 5.10 Å². The molecular formula is C14H12N6O4. The van der Waals surface area contributed by atoms with Gasteiger partial charge < -0.3 is 14.6 Å². The lowest BCUT2D eigenvalue weighted by molar-refractivity contribution is -0.119. The van der Waals surface area contributed by atoms with Crippen LogP contribution in [0, 0.1) is 6.92 Å². The van der Waals surface area contributed by atoms with Crippen LogP contribution < -0.4 is 5.32 Å². The molecular weight excluding hydrogens is 316 g/mol. The minimum Gasteiger partial charge on any atom is -0.452 e. The number of aryl methyl sites for hydroxylation is 1. The molecule has 0 radical (unpaired) electrons. The lowest BCUT2D eigenvalue weighted by Crippen LogP contribution is -2.21. The fourth-order valence-electron chi connectivity index (χ4n) is 1.87. The van der Waals surface area contributed by atoms with Gasteiger partial charge in [-0.3, -0.25) is 4.79 Å². The summed E-state index contributed by atoms with van der Waals surface area (Å²) in [6.45, 7) is 1.25. The molecule has 1 N–H and O–H groups in total. The molecule has 24 heavy (non-hydrogen) atoms. The standard InChI is InChI=1S/C14H12N6O4/c1-9-5-12(17-24-9)16-13(21)7-23-14(22)10-3-2-4-11(6-10)20-8-15-18-19-20/h2-6,8H,7H2,1H3,(H,16,17,21). The molecule has 0 bridgehead atoms. The van der Waals surface area contributed by atoms with Gasteiger partial charge in [-0.1, -0.05) is 11.2 Å². The van der Waals surface area contributed by atoms with Crippen LogP contribution >= 0.6 is 0 Å². The van der Waals surface area contributed by atoms with Gasteiger partial charge in [0.05, 0.1) is 11.3 Å². The van der Waals surface area contributed by atoms with Gasteiger partial charge in [-0.05, 0) is 35.5 Å². The topological polar surface area (TPSA) is 125 Å². The maximum Gasteiger partial charge on any atom is 0.338 e. The van der Waals surface area contributed by atoms with Crippen molar-refractivity contribution >= 4 is 17.7 Å². The van der Waals surface area contributed by atoms with E-state index in [1.165, 1.54) is 11.0 Å². The van der Waals surface area contributed by atoms with Gasteiger partial charge in [-0.25, -0.2) is 9.48 Å². The average Bonchev–Trinajstić information content (AvgIpc) is 3.25. The lowest BCUT2D eigenvalue weighted by atomic mass is 10.2. The van der Waals surface area contributed by atoms with E-state index in [1.54, 1.807) is 37.3 Å². The summed E-state index contributed by atoms with van der Waals surface area (Å²) in [4.78, 5) is 23.7. The molecule has 0 spiro atoms. The van der Waals surface area contributed by atoms with Crippen LogP contribution in [0.1, 0.15) is 16.1 Å². The van der Waals surface area contributed by atoms with E-state index in [-0.39, 0.29) is 11.4 Å². The Balaban J connectivity index is 1.59. The normalized spacial score (nSPS) is 10.4. The number of rotatable bonds is 5. The third-order valence-electron chi connectivity index (χ3n) is 2.93. The number of hydrogen-bond acceptors (Lipinski definition) is 8. The van der Waals surface area contributed by atoms with E-state index in [0.29, 0.717) is 11.4 Å². The Morgan fingerprint density at radius 3 is 2.92 bits per heavy atom. The first kappa shape index (κ1) is 15.3. The molecule has 1 aromatic carbocycles. The zero-order valence-corrected chi connectivity index (χ0v) is 12.5. The van der Waals surface area contributed by atoms with Crippen LogP contribution in [0.25, 0.3) is 5.69 Å². The van der Waals surface area contributed by atoms with Gasteiger partial charge in [0.1, 0.15) is 12.1 Å². The number of esters is 1. The quantitative estimate of drug-likeness (QED) is 0.680. The van der Waals surface area contributed by atoms with Crippen LogP contribution in [-0.2, 0) is 9.53 Å². The summed E-state index contributed by atoms with van der Waals surface area (Å²) in [5.74, 6) is -0.347. The SMILES string of the molecule is Cc1cc(NC(=O)COC(=O)c2cccc(-n3cnnn3)c2)no1. The molecule has 3 rings (SSSR count). The molecule has 1 amide bonds. The van der Waals surface area contributed by atoms with Crippen LogP contribution in [0.2, 0.25) is 0 Å². The van der Waals surface area contributed by atoms with E-state index in [0.717, 1.165) is 0 Å². The zero-order valence-electron chi connectivity index (χ0n) is 12.5. The van der Waals surface area contributed by atoms with Crippen LogP contribution in [0.15, 0.2) is 41.2 Å². The van der Waals surface area contributed by atoms with Crippen molar-refractivity contribution in [2.24, 2.45) is 0 Å². The highest BCUT2D eigenvalue weighted by molar-refractivity contribution is 5.95. The Hall–Kier alpha value is -3.56. The molecule has 0 aliphatic rings. The maximum absolute atomic E-state index is 12.0. The molecule has 2 heterocycles. The Kier molecular flexibility index (Phi) is 4.27. The van der Waals surface area contributed by atoms with E-state index >= 15 is 0 Å². The van der Waals surface area contributed by atoms with Gasteiger partial charge in [0, 0.05) is 6.07 Å². The van der Waals surface area contributed by atoms with Crippen LogP contribution in [0.5, 0.6) is 0 Å². The molecule has 0 atom stereocenters. The van der Waals surface area contributed by atoms with Crippen molar-refractivity contribution in [2.75, 3.05) is 11.9 Å². The predicted octanol–water partition coefficient (Wildman–Crippen LogP) is 0.754. The molecule has 0 saturated carbocycles. The van der Waals surface area contributed by atoms with E-state index in [9.17, 15) is 9.59 Å². The molecule has 0 aliphatic carbocycles. The number of amides is 1. The summed E-state index contributed by atoms with van der Waals surface area (Å²) in [5, 5.41) is 16.8. The number of nitrogens with zero attached hydrogens (tertiary/aromatic N) is 5. The first-order chi connectivity index (χ1) is 11.6. The van der Waals surface area contributed by atoms with E-state index in [2.05, 4.69) is 26.0 Å². The Morgan fingerprint density at radius 1 is 1.33 bits per heavy atom. The second-order valence-electron chi connectivity index (χ2n) is 4.75. The van der Waals surface area contributed by atoms with Crippen molar-refractivity contribution in [3.63, 3.8) is 0 Å². The van der Waals surface area contributed by atoms with Crippen molar-refractivity contribution in [3.05, 3.63) is 48.0 Å². The molecule has 10 heteroatoms. The molecule has 0 aliphatic heterocycles. The monoisotopic (exact) mass is 328 g/mol. The van der Waals surface area contributed by atoms with Gasteiger partial charge >= 0.3 is 5.97 Å². The molecule has 0 unspecified atom stereocenters. The number of nitrogens with one attached hydrogen (secondary N) is 1. The summed E-state index contributed by atoms with van der Waals surface area (Å²) in [6.07, 6.45) is 1.40. The van der Waals surface area contributed by atoms with E-state index < -0.39 is 18.5 Å². The number of carbonyl (C=O) groups excluding carboxylic acids is 2. The minimum atomic E-state index is -0.642. The van der Waals surface area contributed by atoms with Gasteiger partial charge in [0.2, 0.25) is 0 Å². The zero-order chi connectivity index (χ0) is 16.9. The van der Waals surface area contributed by atoms with Gasteiger partial charge in [0.15, 0.2) is 12.4 Å². The summed E-state index contributed by atoms with van der Waals surface area (Å²) in [7, 11) is 0. The number of ether oxygens (including phenoxy) is 1.